The van der Waals surface area contributed by atoms with Crippen molar-refractivity contribution in [2.24, 2.45) is 0 Å². The monoisotopic (exact) mass is 401 g/mol. The number of nitrogens with one attached hydrogen (secondary N) is 2. The lowest BCUT2D eigenvalue weighted by molar-refractivity contribution is -0.121. The molecule has 0 saturated heterocycles. The average molecular weight is 402 g/mol. The molecule has 6 nitrogen and oxygen atoms in total. The summed E-state index contributed by atoms with van der Waals surface area (Å²) in [6.07, 6.45) is 2.53. The van der Waals surface area contributed by atoms with Crippen molar-refractivity contribution in [1.29, 1.82) is 0 Å². The normalized spacial score (nSPS) is 10.9. The van der Waals surface area contributed by atoms with Gasteiger partial charge in [-0.1, -0.05) is 31.2 Å². The summed E-state index contributed by atoms with van der Waals surface area (Å²) in [5, 5.41) is 13.0. The van der Waals surface area contributed by atoms with Gasteiger partial charge in [0, 0.05) is 23.9 Å². The molecule has 3 aromatic rings. The lowest BCUT2D eigenvalue weighted by Crippen LogP contribution is -2.30. The number of amides is 1. The van der Waals surface area contributed by atoms with E-state index >= 15 is 0 Å². The molecule has 2 heterocycles. The van der Waals surface area contributed by atoms with Crippen LogP contribution in [0.25, 0.3) is 11.3 Å². The molecular formula is C19H23N5OS2. The molecule has 0 atom stereocenters. The first-order valence-corrected chi connectivity index (χ1v) is 10.3. The van der Waals surface area contributed by atoms with Crippen molar-refractivity contribution in [2.75, 3.05) is 6.54 Å². The fraction of sp³-hybridized carbons (Fsp3) is 0.368. The number of H-pyrrole nitrogens is 1. The first-order valence-electron chi connectivity index (χ1n) is 8.99. The Kier molecular flexibility index (Phi) is 6.52. The number of rotatable bonds is 8. The Morgan fingerprint density at radius 2 is 2.07 bits per heavy atom. The molecule has 0 bridgehead atoms. The Labute approximate surface area is 167 Å². The number of aromatic nitrogens is 4. The predicted octanol–water partition coefficient (Wildman–Crippen LogP) is 3.68. The maximum atomic E-state index is 12.2. The Bertz CT molecular complexity index is 955. The van der Waals surface area contributed by atoms with Gasteiger partial charge in [-0.05, 0) is 37.5 Å². The quantitative estimate of drug-likeness (QED) is 0.565. The number of aromatic amines is 1. The van der Waals surface area contributed by atoms with Gasteiger partial charge in [0.2, 0.25) is 5.91 Å². The number of thiazole rings is 1. The molecule has 1 amide bonds. The van der Waals surface area contributed by atoms with Crippen LogP contribution >= 0.6 is 23.6 Å². The SMILES string of the molecule is CCCc1n[nH]c(=S)n1CC(=O)NCCc1ccc(-c2csc(C)n2)cc1. The highest BCUT2D eigenvalue weighted by molar-refractivity contribution is 7.71. The second-order valence-corrected chi connectivity index (χ2v) is 7.78. The molecule has 142 valence electrons. The van der Waals surface area contributed by atoms with Crippen molar-refractivity contribution < 1.29 is 4.79 Å². The van der Waals surface area contributed by atoms with Crippen molar-refractivity contribution in [3.63, 3.8) is 0 Å². The van der Waals surface area contributed by atoms with Crippen LogP contribution in [0.1, 0.15) is 29.7 Å². The molecule has 0 fully saturated rings. The van der Waals surface area contributed by atoms with Gasteiger partial charge in [-0.15, -0.1) is 11.3 Å². The Balaban J connectivity index is 1.50. The third-order valence-electron chi connectivity index (χ3n) is 4.22. The van der Waals surface area contributed by atoms with Gasteiger partial charge in [-0.2, -0.15) is 5.10 Å². The Morgan fingerprint density at radius 1 is 1.30 bits per heavy atom. The Hall–Kier alpha value is -2.32. The summed E-state index contributed by atoms with van der Waals surface area (Å²) in [5.74, 6) is 0.768. The lowest BCUT2D eigenvalue weighted by Gasteiger charge is -2.08. The number of carbonyl (C=O) groups is 1. The maximum absolute atomic E-state index is 12.2. The van der Waals surface area contributed by atoms with E-state index in [1.165, 1.54) is 5.56 Å². The summed E-state index contributed by atoms with van der Waals surface area (Å²) in [6, 6.07) is 8.32. The van der Waals surface area contributed by atoms with Crippen LogP contribution in [-0.4, -0.2) is 32.2 Å². The van der Waals surface area contributed by atoms with E-state index in [4.69, 9.17) is 12.2 Å². The Morgan fingerprint density at radius 3 is 2.74 bits per heavy atom. The summed E-state index contributed by atoms with van der Waals surface area (Å²) in [4.78, 5) is 16.7. The van der Waals surface area contributed by atoms with Gasteiger partial charge >= 0.3 is 0 Å². The molecule has 0 saturated carbocycles. The molecule has 2 aromatic heterocycles. The van der Waals surface area contributed by atoms with Crippen molar-refractivity contribution in [3.05, 3.63) is 50.8 Å². The minimum absolute atomic E-state index is 0.0561. The minimum atomic E-state index is -0.0561. The molecule has 2 N–H and O–H groups in total. The van der Waals surface area contributed by atoms with Crippen LogP contribution < -0.4 is 5.32 Å². The van der Waals surface area contributed by atoms with Crippen molar-refractivity contribution in [2.45, 2.75) is 39.7 Å². The van der Waals surface area contributed by atoms with E-state index in [0.29, 0.717) is 11.3 Å². The average Bonchev–Trinajstić information content (AvgIpc) is 3.23. The molecule has 0 aliphatic rings. The number of carbonyl (C=O) groups excluding carboxylic acids is 1. The second kappa shape index (κ2) is 9.05. The number of nitrogens with zero attached hydrogens (tertiary/aromatic N) is 3. The molecular weight excluding hydrogens is 378 g/mol. The van der Waals surface area contributed by atoms with E-state index < -0.39 is 0 Å². The zero-order valence-corrected chi connectivity index (χ0v) is 17.1. The van der Waals surface area contributed by atoms with E-state index in [1.807, 2.05) is 6.92 Å². The van der Waals surface area contributed by atoms with Gasteiger partial charge in [0.05, 0.1) is 10.7 Å². The molecule has 0 spiro atoms. The fourth-order valence-corrected chi connectivity index (χ4v) is 3.65. The van der Waals surface area contributed by atoms with E-state index in [9.17, 15) is 4.79 Å². The highest BCUT2D eigenvalue weighted by Gasteiger charge is 2.09. The van der Waals surface area contributed by atoms with Gasteiger partial charge < -0.3 is 5.32 Å². The van der Waals surface area contributed by atoms with Crippen LogP contribution in [0, 0.1) is 11.7 Å². The van der Waals surface area contributed by atoms with Gasteiger partial charge in [0.25, 0.3) is 0 Å². The molecule has 27 heavy (non-hydrogen) atoms. The first kappa shape index (κ1) is 19.4. The number of hydrogen-bond donors (Lipinski definition) is 2. The highest BCUT2D eigenvalue weighted by Crippen LogP contribution is 2.21. The van der Waals surface area contributed by atoms with E-state index in [2.05, 4.69) is 57.1 Å². The summed E-state index contributed by atoms with van der Waals surface area (Å²) >= 11 is 6.86. The fourth-order valence-electron chi connectivity index (χ4n) is 2.81. The van der Waals surface area contributed by atoms with E-state index in [0.717, 1.165) is 41.4 Å². The van der Waals surface area contributed by atoms with Crippen LogP contribution in [-0.2, 0) is 24.2 Å². The van der Waals surface area contributed by atoms with Gasteiger partial charge in [0.1, 0.15) is 12.4 Å². The van der Waals surface area contributed by atoms with Crippen LogP contribution in [0.3, 0.4) is 0 Å². The number of aryl methyl sites for hydroxylation is 2. The van der Waals surface area contributed by atoms with Crippen molar-refractivity contribution >= 4 is 29.5 Å². The molecule has 1 aromatic carbocycles. The van der Waals surface area contributed by atoms with Crippen molar-refractivity contribution in [1.82, 2.24) is 25.1 Å². The lowest BCUT2D eigenvalue weighted by atomic mass is 10.1. The minimum Gasteiger partial charge on any atom is -0.354 e. The molecule has 0 aliphatic carbocycles. The molecule has 0 aliphatic heterocycles. The van der Waals surface area contributed by atoms with Crippen LogP contribution in [0.4, 0.5) is 0 Å². The largest absolute Gasteiger partial charge is 0.354 e. The van der Waals surface area contributed by atoms with Crippen LogP contribution in [0.2, 0.25) is 0 Å². The molecule has 0 radical (unpaired) electrons. The van der Waals surface area contributed by atoms with Gasteiger partial charge in [-0.25, -0.2) is 4.98 Å². The summed E-state index contributed by atoms with van der Waals surface area (Å²) in [5.41, 5.74) is 3.31. The molecule has 0 unspecified atom stereocenters. The van der Waals surface area contributed by atoms with Crippen LogP contribution in [0.5, 0.6) is 0 Å². The second-order valence-electron chi connectivity index (χ2n) is 6.33. The predicted molar refractivity (Wildman–Crippen MR) is 110 cm³/mol. The number of hydrogen-bond acceptors (Lipinski definition) is 5. The van der Waals surface area contributed by atoms with Crippen molar-refractivity contribution in [3.8, 4) is 11.3 Å². The number of benzene rings is 1. The summed E-state index contributed by atoms with van der Waals surface area (Å²) < 4.78 is 2.25. The standard InChI is InChI=1S/C19H23N5OS2/c1-3-4-17-22-23-19(26)24(17)11-18(25)20-10-9-14-5-7-15(8-6-14)16-12-27-13(2)21-16/h5-8,12H,3-4,9-11H2,1-2H3,(H,20,25)(H,23,26). The highest BCUT2D eigenvalue weighted by atomic mass is 32.1. The topological polar surface area (TPSA) is 75.6 Å². The smallest absolute Gasteiger partial charge is 0.240 e. The maximum Gasteiger partial charge on any atom is 0.240 e. The first-order chi connectivity index (χ1) is 13.1. The van der Waals surface area contributed by atoms with E-state index in [1.54, 1.807) is 15.9 Å². The van der Waals surface area contributed by atoms with E-state index in [-0.39, 0.29) is 12.5 Å². The third kappa shape index (κ3) is 5.11. The van der Waals surface area contributed by atoms with Gasteiger partial charge in [0.15, 0.2) is 4.77 Å². The molecule has 3 rings (SSSR count). The van der Waals surface area contributed by atoms with Gasteiger partial charge in [-0.3, -0.25) is 14.5 Å². The molecule has 8 heteroatoms. The zero-order chi connectivity index (χ0) is 19.2. The summed E-state index contributed by atoms with van der Waals surface area (Å²) in [7, 11) is 0. The third-order valence-corrected chi connectivity index (χ3v) is 5.30. The zero-order valence-electron chi connectivity index (χ0n) is 15.5. The summed E-state index contributed by atoms with van der Waals surface area (Å²) in [6.45, 7) is 4.87. The van der Waals surface area contributed by atoms with Crippen LogP contribution in [0.15, 0.2) is 29.6 Å².